The highest BCUT2D eigenvalue weighted by molar-refractivity contribution is 7.14. The number of thiophene rings is 1. The Labute approximate surface area is 194 Å². The van der Waals surface area contributed by atoms with Crippen LogP contribution in [0, 0.1) is 0 Å². The quantitative estimate of drug-likeness (QED) is 0.469. The zero-order valence-electron chi connectivity index (χ0n) is 17.2. The van der Waals surface area contributed by atoms with Gasteiger partial charge in [-0.2, -0.15) is 0 Å². The first-order chi connectivity index (χ1) is 15.6. The highest BCUT2D eigenvalue weighted by Crippen LogP contribution is 2.33. The van der Waals surface area contributed by atoms with Crippen molar-refractivity contribution in [3.05, 3.63) is 93.0 Å². The molecule has 0 bridgehead atoms. The van der Waals surface area contributed by atoms with Gasteiger partial charge in [-0.05, 0) is 54.4 Å². The normalized spacial score (nSPS) is 15.9. The third kappa shape index (κ3) is 4.26. The van der Waals surface area contributed by atoms with E-state index in [1.54, 1.807) is 30.5 Å². The van der Waals surface area contributed by atoms with Crippen molar-refractivity contribution in [1.82, 2.24) is 19.6 Å². The summed E-state index contributed by atoms with van der Waals surface area (Å²) in [6, 6.07) is 14.9. The van der Waals surface area contributed by atoms with Gasteiger partial charge in [-0.25, -0.2) is 4.98 Å². The molecule has 1 fully saturated rings. The number of hydrogen-bond acceptors (Lipinski definition) is 4. The molecule has 5 rings (SSSR count). The molecule has 4 aromatic rings. The monoisotopic (exact) mass is 464 g/mol. The average Bonchev–Trinajstić information content (AvgIpc) is 3.56. The molecule has 32 heavy (non-hydrogen) atoms. The lowest BCUT2D eigenvalue weighted by Gasteiger charge is -2.16. The number of nitrogens with one attached hydrogen (secondary N) is 1. The van der Waals surface area contributed by atoms with E-state index in [2.05, 4.69) is 10.3 Å². The third-order valence-corrected chi connectivity index (χ3v) is 7.20. The van der Waals surface area contributed by atoms with Gasteiger partial charge in [0.15, 0.2) is 0 Å². The fourth-order valence-corrected chi connectivity index (χ4v) is 5.25. The van der Waals surface area contributed by atoms with Gasteiger partial charge in [0.1, 0.15) is 5.65 Å². The van der Waals surface area contributed by atoms with Crippen LogP contribution in [0.25, 0.3) is 5.65 Å². The number of aromatic nitrogens is 2. The zero-order valence-corrected chi connectivity index (χ0v) is 18.8. The molecule has 0 aliphatic carbocycles. The van der Waals surface area contributed by atoms with Gasteiger partial charge >= 0.3 is 0 Å². The second-order valence-corrected chi connectivity index (χ2v) is 9.41. The Morgan fingerprint density at radius 1 is 1.16 bits per heavy atom. The van der Waals surface area contributed by atoms with E-state index < -0.39 is 0 Å². The number of carbonyl (C=O) groups excluding carboxylic acids is 2. The molecule has 3 aromatic heterocycles. The summed E-state index contributed by atoms with van der Waals surface area (Å²) >= 11 is 7.53. The lowest BCUT2D eigenvalue weighted by molar-refractivity contribution is 0.0790. The molecular formula is C24H21ClN4O2S. The molecule has 1 saturated heterocycles. The molecule has 0 saturated carbocycles. The first kappa shape index (κ1) is 20.7. The topological polar surface area (TPSA) is 66.7 Å². The van der Waals surface area contributed by atoms with E-state index in [-0.39, 0.29) is 17.7 Å². The van der Waals surface area contributed by atoms with Crippen molar-refractivity contribution in [2.24, 2.45) is 0 Å². The van der Waals surface area contributed by atoms with Crippen LogP contribution >= 0.6 is 22.9 Å². The van der Waals surface area contributed by atoms with Gasteiger partial charge in [-0.1, -0.05) is 17.7 Å². The van der Waals surface area contributed by atoms with Crippen LogP contribution in [0.4, 0.5) is 0 Å². The summed E-state index contributed by atoms with van der Waals surface area (Å²) in [5.74, 6) is 0.154. The van der Waals surface area contributed by atoms with Crippen LogP contribution in [-0.4, -0.2) is 39.2 Å². The number of benzene rings is 1. The van der Waals surface area contributed by atoms with Gasteiger partial charge in [-0.3, -0.25) is 9.59 Å². The Balaban J connectivity index is 1.19. The number of nitrogens with zero attached hydrogens (tertiary/aromatic N) is 3. The first-order valence-corrected chi connectivity index (χ1v) is 11.6. The van der Waals surface area contributed by atoms with Crippen LogP contribution < -0.4 is 5.32 Å². The predicted molar refractivity (Wildman–Crippen MR) is 125 cm³/mol. The van der Waals surface area contributed by atoms with Crippen LogP contribution in [-0.2, 0) is 6.54 Å². The van der Waals surface area contributed by atoms with Gasteiger partial charge < -0.3 is 14.6 Å². The fourth-order valence-electron chi connectivity index (χ4n) is 4.01. The Morgan fingerprint density at radius 2 is 2.06 bits per heavy atom. The number of carbonyl (C=O) groups is 2. The average molecular weight is 465 g/mol. The molecule has 2 amide bonds. The van der Waals surface area contributed by atoms with Crippen LogP contribution in [0.5, 0.6) is 0 Å². The second-order valence-electron chi connectivity index (χ2n) is 7.86. The SMILES string of the molecule is O=C(NCc1ccn2ccnc2c1)c1ccc(C2CCN(C(=O)c3cccc(Cl)c3)C2)s1. The van der Waals surface area contributed by atoms with Crippen LogP contribution in [0.15, 0.2) is 67.1 Å². The number of hydrogen-bond donors (Lipinski definition) is 1. The summed E-state index contributed by atoms with van der Waals surface area (Å²) in [7, 11) is 0. The standard InChI is InChI=1S/C24H21ClN4O2S/c25-19-3-1-2-17(13-19)24(31)29-10-7-18(15-29)20-4-5-21(32-20)23(30)27-14-16-6-9-28-11-8-26-22(28)12-16/h1-6,8-9,11-13,18H,7,10,14-15H2,(H,27,30). The number of imidazole rings is 1. The van der Waals surface area contributed by atoms with E-state index >= 15 is 0 Å². The second kappa shape index (κ2) is 8.76. The summed E-state index contributed by atoms with van der Waals surface area (Å²) in [6.07, 6.45) is 6.46. The highest BCUT2D eigenvalue weighted by Gasteiger charge is 2.29. The van der Waals surface area contributed by atoms with Crippen molar-refractivity contribution in [3.63, 3.8) is 0 Å². The van der Waals surface area contributed by atoms with Crippen molar-refractivity contribution >= 4 is 40.4 Å². The minimum Gasteiger partial charge on any atom is -0.347 e. The largest absolute Gasteiger partial charge is 0.347 e. The van der Waals surface area contributed by atoms with Gasteiger partial charge in [0.05, 0.1) is 4.88 Å². The van der Waals surface area contributed by atoms with Gasteiger partial charge in [-0.15, -0.1) is 11.3 Å². The Hall–Kier alpha value is -3.16. The summed E-state index contributed by atoms with van der Waals surface area (Å²) in [5, 5.41) is 3.55. The minimum absolute atomic E-state index is 0.000956. The number of pyridine rings is 1. The molecular weight excluding hydrogens is 444 g/mol. The molecule has 1 aromatic carbocycles. The number of fused-ring (bicyclic) bond motifs is 1. The van der Waals surface area contributed by atoms with Gasteiger partial charge in [0, 0.05) is 59.6 Å². The van der Waals surface area contributed by atoms with E-state index in [9.17, 15) is 9.59 Å². The molecule has 0 spiro atoms. The predicted octanol–water partition coefficient (Wildman–Crippen LogP) is 4.61. The minimum atomic E-state index is -0.0886. The summed E-state index contributed by atoms with van der Waals surface area (Å²) < 4.78 is 1.93. The number of rotatable bonds is 5. The van der Waals surface area contributed by atoms with Crippen LogP contribution in [0.2, 0.25) is 5.02 Å². The fraction of sp³-hybridized carbons (Fsp3) is 0.208. The molecule has 6 nitrogen and oxygen atoms in total. The number of likely N-dealkylation sites (tertiary alicyclic amines) is 1. The molecule has 0 radical (unpaired) electrons. The van der Waals surface area contributed by atoms with Crippen LogP contribution in [0.3, 0.4) is 0 Å². The van der Waals surface area contributed by atoms with E-state index in [1.165, 1.54) is 11.3 Å². The highest BCUT2D eigenvalue weighted by atomic mass is 35.5. The van der Waals surface area contributed by atoms with E-state index in [0.717, 1.165) is 22.5 Å². The van der Waals surface area contributed by atoms with Crippen molar-refractivity contribution in [2.75, 3.05) is 13.1 Å². The lowest BCUT2D eigenvalue weighted by Crippen LogP contribution is -2.28. The molecule has 1 unspecified atom stereocenters. The van der Waals surface area contributed by atoms with Crippen molar-refractivity contribution in [1.29, 1.82) is 0 Å². The van der Waals surface area contributed by atoms with Gasteiger partial charge in [0.25, 0.3) is 11.8 Å². The Bertz CT molecular complexity index is 1300. The zero-order chi connectivity index (χ0) is 22.1. The molecule has 162 valence electrons. The maximum atomic E-state index is 12.8. The maximum Gasteiger partial charge on any atom is 0.261 e. The Morgan fingerprint density at radius 3 is 2.94 bits per heavy atom. The van der Waals surface area contributed by atoms with E-state index in [1.807, 2.05) is 46.0 Å². The molecule has 4 heterocycles. The van der Waals surface area contributed by atoms with E-state index in [0.29, 0.717) is 35.1 Å². The molecule has 1 N–H and O–H groups in total. The number of amides is 2. The molecule has 8 heteroatoms. The lowest BCUT2D eigenvalue weighted by atomic mass is 10.1. The smallest absolute Gasteiger partial charge is 0.261 e. The number of halogens is 1. The third-order valence-electron chi connectivity index (χ3n) is 5.72. The Kier molecular flexibility index (Phi) is 5.68. The first-order valence-electron chi connectivity index (χ1n) is 10.4. The van der Waals surface area contributed by atoms with E-state index in [4.69, 9.17) is 11.6 Å². The maximum absolute atomic E-state index is 12.8. The van der Waals surface area contributed by atoms with Crippen molar-refractivity contribution in [3.8, 4) is 0 Å². The van der Waals surface area contributed by atoms with Gasteiger partial charge in [0.2, 0.25) is 0 Å². The molecule has 1 aliphatic heterocycles. The van der Waals surface area contributed by atoms with Crippen molar-refractivity contribution in [2.45, 2.75) is 18.9 Å². The summed E-state index contributed by atoms with van der Waals surface area (Å²) in [4.78, 5) is 33.4. The van der Waals surface area contributed by atoms with Crippen molar-refractivity contribution < 1.29 is 9.59 Å². The summed E-state index contributed by atoms with van der Waals surface area (Å²) in [5.41, 5.74) is 2.46. The molecule has 1 atom stereocenters. The molecule has 1 aliphatic rings. The van der Waals surface area contributed by atoms with Crippen LogP contribution in [0.1, 0.15) is 42.8 Å². The summed E-state index contributed by atoms with van der Waals surface area (Å²) in [6.45, 7) is 1.80.